The summed E-state index contributed by atoms with van der Waals surface area (Å²) in [6, 6.07) is 0. The van der Waals surface area contributed by atoms with Gasteiger partial charge in [-0.15, -0.1) is 0 Å². The summed E-state index contributed by atoms with van der Waals surface area (Å²) in [5.74, 6) is 0. The fourth-order valence-corrected chi connectivity index (χ4v) is 3.58. The molecule has 37 heavy (non-hydrogen) atoms. The quantitative estimate of drug-likeness (QED) is 0.0682. The molecule has 8 heteroatoms. The van der Waals surface area contributed by atoms with Gasteiger partial charge in [0.1, 0.15) is 0 Å². The summed E-state index contributed by atoms with van der Waals surface area (Å²) in [6.45, 7) is 39.4. The topological polar surface area (TPSA) is 143 Å². The van der Waals surface area contributed by atoms with E-state index in [1.54, 1.807) is 0 Å². The standard InChI is InChI=1S/C23H50N.6CN.Fe/c1-5-8-9-10-11-12-13-14-15-16-17-18-19-20-21-22-23-24(4,6-2)7-3;6*1-2;/h5-23H2,1-4H3;;;;;;;/q+1;6*-1;+2. The molecule has 0 atom stereocenters. The molecule has 0 aromatic carbocycles. The van der Waals surface area contributed by atoms with Crippen molar-refractivity contribution < 1.29 is 21.6 Å². The normalized spacial score (nSPS) is 8.11. The van der Waals surface area contributed by atoms with Crippen LogP contribution in [0.5, 0.6) is 0 Å². The van der Waals surface area contributed by atoms with Crippen LogP contribution in [0.2, 0.25) is 0 Å². The van der Waals surface area contributed by atoms with Crippen molar-refractivity contribution in [3.63, 3.8) is 0 Å². The summed E-state index contributed by atoms with van der Waals surface area (Å²) in [4.78, 5) is 0. The van der Waals surface area contributed by atoms with Gasteiger partial charge in [0.05, 0.1) is 26.7 Å². The predicted molar refractivity (Wildman–Crippen MR) is 141 cm³/mol. The minimum Gasteiger partial charge on any atom is -0.512 e. The van der Waals surface area contributed by atoms with Crippen LogP contribution >= 0.6 is 0 Å². The maximum atomic E-state index is 6.25. The number of hydrogen-bond donors (Lipinski definition) is 0. The van der Waals surface area contributed by atoms with Gasteiger partial charge in [-0.1, -0.05) is 96.8 Å². The molecule has 0 spiro atoms. The average Bonchev–Trinajstić information content (AvgIpc) is 2.99. The van der Waals surface area contributed by atoms with Crippen LogP contribution in [0, 0.1) is 71.0 Å². The van der Waals surface area contributed by atoms with Crippen molar-refractivity contribution >= 4 is 0 Å². The molecular formula is C29H50FeN7-3. The van der Waals surface area contributed by atoms with Crippen LogP contribution < -0.4 is 0 Å². The smallest absolute Gasteiger partial charge is 0.512 e. The molecule has 0 radical (unpaired) electrons. The van der Waals surface area contributed by atoms with Gasteiger partial charge in [-0.2, -0.15) is 0 Å². The van der Waals surface area contributed by atoms with Crippen molar-refractivity contribution in [2.45, 2.75) is 124 Å². The molecule has 0 aliphatic rings. The van der Waals surface area contributed by atoms with Crippen molar-refractivity contribution in [3.8, 4) is 0 Å². The van der Waals surface area contributed by atoms with Crippen molar-refractivity contribution in [1.82, 2.24) is 0 Å². The Morgan fingerprint density at radius 3 is 0.757 bits per heavy atom. The van der Waals surface area contributed by atoms with Gasteiger partial charge in [-0.05, 0) is 26.7 Å². The van der Waals surface area contributed by atoms with Crippen molar-refractivity contribution in [2.75, 3.05) is 26.7 Å². The van der Waals surface area contributed by atoms with Gasteiger partial charge in [0, 0.05) is 0 Å². The predicted octanol–water partition coefficient (Wildman–Crippen LogP) is 8.31. The number of quaternary nitrogens is 1. The summed E-state index contributed by atoms with van der Waals surface area (Å²) < 4.78 is 1.26. The van der Waals surface area contributed by atoms with Crippen LogP contribution in [0.25, 0.3) is 0 Å². The third kappa shape index (κ3) is 65.6. The van der Waals surface area contributed by atoms with Gasteiger partial charge >= 0.3 is 17.1 Å². The van der Waals surface area contributed by atoms with E-state index in [0.29, 0.717) is 0 Å². The van der Waals surface area contributed by atoms with E-state index >= 15 is 0 Å². The third-order valence-corrected chi connectivity index (χ3v) is 6.08. The number of nitrogens with zero attached hydrogens (tertiary/aromatic N) is 7. The second-order valence-corrected chi connectivity index (χ2v) is 8.28. The third-order valence-electron chi connectivity index (χ3n) is 6.08. The van der Waals surface area contributed by atoms with E-state index in [1.165, 1.54) is 127 Å². The molecule has 0 aromatic heterocycles. The van der Waals surface area contributed by atoms with Crippen molar-refractivity contribution in [3.05, 3.63) is 39.4 Å². The molecule has 0 bridgehead atoms. The molecule has 0 N–H and O–H groups in total. The average molecular weight is 553 g/mol. The minimum atomic E-state index is 0. The molecule has 0 unspecified atom stereocenters. The zero-order chi connectivity index (χ0) is 29.9. The first-order valence-electron chi connectivity index (χ1n) is 12.9. The van der Waals surface area contributed by atoms with E-state index < -0.39 is 0 Å². The molecule has 0 aliphatic carbocycles. The number of unbranched alkanes of at least 4 members (excludes halogenated alkanes) is 15. The van der Waals surface area contributed by atoms with E-state index in [0.717, 1.165) is 0 Å². The summed E-state index contributed by atoms with van der Waals surface area (Å²) in [5, 5.41) is 37.5. The number of rotatable bonds is 19. The zero-order valence-electron chi connectivity index (χ0n) is 23.9. The maximum Gasteiger partial charge on any atom is 2.00 e. The minimum absolute atomic E-state index is 0. The van der Waals surface area contributed by atoms with Gasteiger partial charge in [0.25, 0.3) is 0 Å². The molecular weight excluding hydrogens is 502 g/mol. The Bertz CT molecular complexity index is 418. The van der Waals surface area contributed by atoms with Crippen molar-refractivity contribution in [1.29, 1.82) is 31.6 Å². The Balaban J connectivity index is -0.0000000938. The van der Waals surface area contributed by atoms with Crippen LogP contribution in [0.4, 0.5) is 0 Å². The first-order valence-corrected chi connectivity index (χ1v) is 12.9. The first-order chi connectivity index (χ1) is 17.7. The van der Waals surface area contributed by atoms with Gasteiger partial charge in [0.2, 0.25) is 0 Å². The maximum absolute atomic E-state index is 6.25. The van der Waals surface area contributed by atoms with E-state index in [4.69, 9.17) is 71.0 Å². The van der Waals surface area contributed by atoms with E-state index in [9.17, 15) is 0 Å². The Morgan fingerprint density at radius 1 is 0.378 bits per heavy atom. The van der Waals surface area contributed by atoms with Gasteiger partial charge in [-0.25, -0.2) is 0 Å². The first kappa shape index (κ1) is 55.1. The second-order valence-electron chi connectivity index (χ2n) is 8.28. The monoisotopic (exact) mass is 552 g/mol. The van der Waals surface area contributed by atoms with Gasteiger partial charge in [0.15, 0.2) is 0 Å². The summed E-state index contributed by atoms with van der Waals surface area (Å²) in [7, 11) is 2.41. The molecule has 0 rings (SSSR count). The molecule has 0 aliphatic heterocycles. The molecule has 0 aromatic rings. The van der Waals surface area contributed by atoms with E-state index in [2.05, 4.69) is 27.8 Å². The Kier molecular flexibility index (Phi) is 104. The van der Waals surface area contributed by atoms with Gasteiger partial charge in [-0.3, -0.25) is 0 Å². The fraction of sp³-hybridized carbons (Fsp3) is 0.793. The molecule has 7 nitrogen and oxygen atoms in total. The Labute approximate surface area is 242 Å². The molecule has 0 saturated heterocycles. The van der Waals surface area contributed by atoms with Crippen LogP contribution in [-0.4, -0.2) is 31.2 Å². The van der Waals surface area contributed by atoms with Crippen LogP contribution in [0.3, 0.4) is 0 Å². The van der Waals surface area contributed by atoms with E-state index in [-0.39, 0.29) is 17.1 Å². The van der Waals surface area contributed by atoms with Crippen molar-refractivity contribution in [2.24, 2.45) is 0 Å². The zero-order valence-corrected chi connectivity index (χ0v) is 25.0. The molecule has 212 valence electrons. The fourth-order valence-electron chi connectivity index (χ4n) is 3.58. The SMILES string of the molecule is CCCCCCCCCCCCCCCCCC[N+](C)(CC)CC.[C-]#N.[C-]#N.[C-]#N.[C-]#N.[C-]#N.[C-]#N.[Fe+2]. The second kappa shape index (κ2) is 69.9. The summed E-state index contributed by atoms with van der Waals surface area (Å²) >= 11 is 0. The summed E-state index contributed by atoms with van der Waals surface area (Å²) in [5.41, 5.74) is 0. The molecule has 0 amide bonds. The number of hydrogen-bond acceptors (Lipinski definition) is 6. The summed E-state index contributed by atoms with van der Waals surface area (Å²) in [6.07, 6.45) is 23.4. The molecule has 0 fully saturated rings. The molecule has 0 saturated carbocycles. The van der Waals surface area contributed by atoms with Gasteiger partial charge < -0.3 is 75.5 Å². The largest absolute Gasteiger partial charge is 2.00 e. The van der Waals surface area contributed by atoms with E-state index in [1.807, 2.05) is 0 Å². The Morgan fingerprint density at radius 2 is 0.568 bits per heavy atom. The molecule has 0 heterocycles. The van der Waals surface area contributed by atoms with Crippen LogP contribution in [-0.2, 0) is 17.1 Å². The Hall–Kier alpha value is -2.58. The van der Waals surface area contributed by atoms with Crippen LogP contribution in [0.1, 0.15) is 124 Å². The van der Waals surface area contributed by atoms with Crippen LogP contribution in [0.15, 0.2) is 0 Å².